The van der Waals surface area contributed by atoms with Gasteiger partial charge in [-0.25, -0.2) is 4.79 Å². The third-order valence-corrected chi connectivity index (χ3v) is 3.06. The number of nitro groups is 1. The molecule has 0 spiro atoms. The van der Waals surface area contributed by atoms with Crippen LogP contribution in [-0.4, -0.2) is 28.0 Å². The van der Waals surface area contributed by atoms with Gasteiger partial charge in [-0.3, -0.25) is 19.5 Å². The SMILES string of the molecule is CCOC(=O)/C(=C/c1cn(C(C)=O)c2ccccc12)[N+](=O)[O-]. The lowest BCUT2D eigenvalue weighted by Crippen LogP contribution is -2.14. The Bertz CT molecular complexity index is 788. The smallest absolute Gasteiger partial charge is 0.409 e. The molecule has 0 aliphatic rings. The van der Waals surface area contributed by atoms with E-state index >= 15 is 0 Å². The summed E-state index contributed by atoms with van der Waals surface area (Å²) in [5, 5.41) is 11.7. The van der Waals surface area contributed by atoms with E-state index in [1.54, 1.807) is 31.2 Å². The van der Waals surface area contributed by atoms with Crippen LogP contribution in [0.25, 0.3) is 17.0 Å². The molecule has 114 valence electrons. The number of hydrogen-bond donors (Lipinski definition) is 0. The van der Waals surface area contributed by atoms with Crippen molar-refractivity contribution < 1.29 is 19.2 Å². The first-order valence-corrected chi connectivity index (χ1v) is 6.60. The summed E-state index contributed by atoms with van der Waals surface area (Å²) in [5.74, 6) is -1.23. The number of aromatic nitrogens is 1. The predicted octanol–water partition coefficient (Wildman–Crippen LogP) is 2.48. The fourth-order valence-electron chi connectivity index (χ4n) is 2.12. The average Bonchev–Trinajstić information content (AvgIpc) is 2.83. The zero-order valence-electron chi connectivity index (χ0n) is 12.1. The monoisotopic (exact) mass is 302 g/mol. The number of nitrogens with zero attached hydrogens (tertiary/aromatic N) is 2. The lowest BCUT2D eigenvalue weighted by atomic mass is 10.1. The molecule has 1 aromatic carbocycles. The molecule has 1 aromatic heterocycles. The summed E-state index contributed by atoms with van der Waals surface area (Å²) in [6.45, 7) is 3.00. The molecule has 2 aromatic rings. The van der Waals surface area contributed by atoms with Gasteiger partial charge in [-0.15, -0.1) is 0 Å². The number of hydrogen-bond acceptors (Lipinski definition) is 5. The van der Waals surface area contributed by atoms with Gasteiger partial charge in [-0.1, -0.05) is 18.2 Å². The number of ether oxygens (including phenoxy) is 1. The first kappa shape index (κ1) is 15.4. The van der Waals surface area contributed by atoms with Gasteiger partial charge in [-0.05, 0) is 13.0 Å². The van der Waals surface area contributed by atoms with Crippen LogP contribution in [0.4, 0.5) is 0 Å². The molecule has 0 saturated carbocycles. The molecule has 0 fully saturated rings. The number of para-hydroxylation sites is 1. The molecule has 2 rings (SSSR count). The van der Waals surface area contributed by atoms with Crippen LogP contribution >= 0.6 is 0 Å². The Hall–Kier alpha value is -2.96. The van der Waals surface area contributed by atoms with E-state index in [9.17, 15) is 19.7 Å². The maximum atomic E-state index is 11.7. The van der Waals surface area contributed by atoms with Crippen molar-refractivity contribution in [1.29, 1.82) is 0 Å². The number of rotatable bonds is 4. The van der Waals surface area contributed by atoms with Crippen molar-refractivity contribution in [2.75, 3.05) is 6.61 Å². The average molecular weight is 302 g/mol. The van der Waals surface area contributed by atoms with Crippen LogP contribution in [-0.2, 0) is 9.53 Å². The Morgan fingerprint density at radius 1 is 1.36 bits per heavy atom. The Morgan fingerprint density at radius 3 is 2.64 bits per heavy atom. The number of benzene rings is 1. The number of esters is 1. The van der Waals surface area contributed by atoms with Crippen molar-refractivity contribution in [3.05, 3.63) is 51.8 Å². The quantitative estimate of drug-likeness (QED) is 0.374. The fraction of sp³-hybridized carbons (Fsp3) is 0.200. The molecule has 0 aliphatic carbocycles. The molecule has 0 atom stereocenters. The second-order valence-electron chi connectivity index (χ2n) is 4.50. The number of carbonyl (C=O) groups is 2. The van der Waals surface area contributed by atoms with E-state index < -0.39 is 16.6 Å². The van der Waals surface area contributed by atoms with Crippen LogP contribution in [0.15, 0.2) is 36.2 Å². The van der Waals surface area contributed by atoms with E-state index in [0.717, 1.165) is 6.08 Å². The summed E-state index contributed by atoms with van der Waals surface area (Å²) in [6, 6.07) is 6.96. The van der Waals surface area contributed by atoms with E-state index in [-0.39, 0.29) is 12.5 Å². The van der Waals surface area contributed by atoms with E-state index in [2.05, 4.69) is 4.74 Å². The van der Waals surface area contributed by atoms with Crippen molar-refractivity contribution in [2.45, 2.75) is 13.8 Å². The Kier molecular flexibility index (Phi) is 4.36. The molecule has 1 heterocycles. The zero-order valence-corrected chi connectivity index (χ0v) is 12.1. The summed E-state index contributed by atoms with van der Waals surface area (Å²) in [7, 11) is 0. The van der Waals surface area contributed by atoms with E-state index in [0.29, 0.717) is 16.5 Å². The molecule has 0 saturated heterocycles. The van der Waals surface area contributed by atoms with Gasteiger partial charge in [0.1, 0.15) is 0 Å². The van der Waals surface area contributed by atoms with E-state index in [4.69, 9.17) is 0 Å². The Balaban J connectivity index is 2.63. The van der Waals surface area contributed by atoms with Gasteiger partial charge < -0.3 is 4.74 Å². The normalized spacial score (nSPS) is 11.5. The second-order valence-corrected chi connectivity index (χ2v) is 4.50. The molecule has 7 nitrogen and oxygen atoms in total. The molecule has 0 radical (unpaired) electrons. The van der Waals surface area contributed by atoms with E-state index in [1.165, 1.54) is 17.7 Å². The van der Waals surface area contributed by atoms with Crippen molar-refractivity contribution in [3.63, 3.8) is 0 Å². The molecule has 7 heteroatoms. The van der Waals surface area contributed by atoms with Gasteiger partial charge in [0.05, 0.1) is 17.0 Å². The van der Waals surface area contributed by atoms with Crippen LogP contribution in [0.5, 0.6) is 0 Å². The van der Waals surface area contributed by atoms with E-state index in [1.807, 2.05) is 0 Å². The molecule has 0 unspecified atom stereocenters. The summed E-state index contributed by atoms with van der Waals surface area (Å²) < 4.78 is 6.06. The van der Waals surface area contributed by atoms with Gasteiger partial charge in [0, 0.05) is 30.1 Å². The minimum absolute atomic E-state index is 0.0409. The molecule has 0 amide bonds. The summed E-state index contributed by atoms with van der Waals surface area (Å²) in [6.07, 6.45) is 2.59. The highest BCUT2D eigenvalue weighted by Gasteiger charge is 2.24. The Morgan fingerprint density at radius 2 is 2.05 bits per heavy atom. The third-order valence-electron chi connectivity index (χ3n) is 3.06. The highest BCUT2D eigenvalue weighted by molar-refractivity contribution is 5.99. The van der Waals surface area contributed by atoms with Gasteiger partial charge in [0.15, 0.2) is 0 Å². The van der Waals surface area contributed by atoms with Crippen LogP contribution < -0.4 is 0 Å². The number of fused-ring (bicyclic) bond motifs is 1. The van der Waals surface area contributed by atoms with Crippen LogP contribution in [0.1, 0.15) is 24.2 Å². The minimum Gasteiger partial charge on any atom is -0.458 e. The molecule has 0 bridgehead atoms. The van der Waals surface area contributed by atoms with Crippen molar-refractivity contribution >= 4 is 28.9 Å². The highest BCUT2D eigenvalue weighted by Crippen LogP contribution is 2.24. The molecular formula is C15H14N2O5. The lowest BCUT2D eigenvalue weighted by Gasteiger charge is -1.98. The molecule has 22 heavy (non-hydrogen) atoms. The van der Waals surface area contributed by atoms with Crippen LogP contribution in [0.2, 0.25) is 0 Å². The summed E-state index contributed by atoms with van der Waals surface area (Å²) >= 11 is 0. The van der Waals surface area contributed by atoms with Gasteiger partial charge in [0.25, 0.3) is 0 Å². The second kappa shape index (κ2) is 6.21. The standard InChI is InChI=1S/C15H14N2O5/c1-3-22-15(19)14(17(20)21)8-11-9-16(10(2)18)13-7-5-4-6-12(11)13/h4-9H,3H2,1-2H3/b14-8-. The largest absolute Gasteiger partial charge is 0.458 e. The number of carbonyl (C=O) groups excluding carboxylic acids is 2. The van der Waals surface area contributed by atoms with Gasteiger partial charge >= 0.3 is 11.7 Å². The Labute approximate surface area is 125 Å². The van der Waals surface area contributed by atoms with Crippen molar-refractivity contribution in [3.8, 4) is 0 Å². The molecule has 0 aliphatic heterocycles. The van der Waals surface area contributed by atoms with Crippen LogP contribution in [0, 0.1) is 10.1 Å². The predicted molar refractivity (Wildman–Crippen MR) is 79.8 cm³/mol. The molecule has 0 N–H and O–H groups in total. The third kappa shape index (κ3) is 2.88. The zero-order chi connectivity index (χ0) is 16.3. The maximum Gasteiger partial charge on any atom is 0.409 e. The first-order valence-electron chi connectivity index (χ1n) is 6.60. The summed E-state index contributed by atoms with van der Waals surface area (Å²) in [5.41, 5.74) is 0.353. The topological polar surface area (TPSA) is 91.4 Å². The first-order chi connectivity index (χ1) is 10.5. The van der Waals surface area contributed by atoms with Crippen molar-refractivity contribution in [1.82, 2.24) is 4.57 Å². The maximum absolute atomic E-state index is 11.7. The highest BCUT2D eigenvalue weighted by atomic mass is 16.6. The van der Waals surface area contributed by atoms with Gasteiger partial charge in [0.2, 0.25) is 5.91 Å². The molecular weight excluding hydrogens is 288 g/mol. The summed E-state index contributed by atoms with van der Waals surface area (Å²) in [4.78, 5) is 33.6. The fourth-order valence-corrected chi connectivity index (χ4v) is 2.12. The van der Waals surface area contributed by atoms with Crippen molar-refractivity contribution in [2.24, 2.45) is 0 Å². The minimum atomic E-state index is -1.01. The lowest BCUT2D eigenvalue weighted by molar-refractivity contribution is -0.419. The van der Waals surface area contributed by atoms with Gasteiger partial charge in [-0.2, -0.15) is 0 Å². The van der Waals surface area contributed by atoms with Crippen LogP contribution in [0.3, 0.4) is 0 Å².